The number of hydrogen-bond acceptors (Lipinski definition) is 4. The number of fused-ring (bicyclic) bond motifs is 1. The second kappa shape index (κ2) is 4.94. The molecule has 2 fully saturated rings. The minimum Gasteiger partial charge on any atom is -0.397 e. The summed E-state index contributed by atoms with van der Waals surface area (Å²) >= 11 is 5.83. The van der Waals surface area contributed by atoms with Crippen LogP contribution < -0.4 is 11.1 Å². The highest BCUT2D eigenvalue weighted by molar-refractivity contribution is 6.29. The number of pyridine rings is 1. The van der Waals surface area contributed by atoms with E-state index in [1.807, 2.05) is 0 Å². The van der Waals surface area contributed by atoms with Crippen molar-refractivity contribution in [3.05, 3.63) is 23.0 Å². The van der Waals surface area contributed by atoms with Gasteiger partial charge in [-0.2, -0.15) is 0 Å². The van der Waals surface area contributed by atoms with E-state index in [9.17, 15) is 9.59 Å². The van der Waals surface area contributed by atoms with Crippen LogP contribution in [0.4, 0.5) is 5.69 Å². The zero-order chi connectivity index (χ0) is 14.3. The maximum Gasteiger partial charge on any atom is 0.256 e. The van der Waals surface area contributed by atoms with Crippen molar-refractivity contribution in [2.24, 2.45) is 5.92 Å². The SMILES string of the molecule is Nc1cnc(Cl)cc1C(=O)N1CCCC2C(=O)NCC21. The van der Waals surface area contributed by atoms with Gasteiger partial charge in [0.25, 0.3) is 5.91 Å². The van der Waals surface area contributed by atoms with Crippen LogP contribution in [0.25, 0.3) is 0 Å². The molecular formula is C13H15ClN4O2. The van der Waals surface area contributed by atoms with E-state index in [2.05, 4.69) is 10.3 Å². The van der Waals surface area contributed by atoms with Crippen molar-refractivity contribution in [2.45, 2.75) is 18.9 Å². The quantitative estimate of drug-likeness (QED) is 0.745. The Balaban J connectivity index is 1.90. The largest absolute Gasteiger partial charge is 0.397 e. The number of nitrogen functional groups attached to an aromatic ring is 1. The first-order chi connectivity index (χ1) is 9.58. The van der Waals surface area contributed by atoms with Gasteiger partial charge < -0.3 is 16.0 Å². The Kier molecular flexibility index (Phi) is 3.25. The van der Waals surface area contributed by atoms with Gasteiger partial charge in [-0.25, -0.2) is 4.98 Å². The molecule has 2 aliphatic heterocycles. The van der Waals surface area contributed by atoms with E-state index in [0.29, 0.717) is 24.3 Å². The van der Waals surface area contributed by atoms with Crippen LogP contribution in [0.3, 0.4) is 0 Å². The van der Waals surface area contributed by atoms with Gasteiger partial charge in [-0.05, 0) is 18.9 Å². The molecule has 3 heterocycles. The molecule has 106 valence electrons. The summed E-state index contributed by atoms with van der Waals surface area (Å²) in [5, 5.41) is 3.05. The first-order valence-corrected chi connectivity index (χ1v) is 6.95. The lowest BCUT2D eigenvalue weighted by molar-refractivity contribution is -0.123. The number of hydrogen-bond donors (Lipinski definition) is 2. The first kappa shape index (κ1) is 13.2. The summed E-state index contributed by atoms with van der Waals surface area (Å²) in [5.74, 6) is -0.252. The van der Waals surface area contributed by atoms with Crippen LogP contribution in [0, 0.1) is 5.92 Å². The molecule has 2 atom stereocenters. The second-order valence-electron chi connectivity index (χ2n) is 5.15. The van der Waals surface area contributed by atoms with E-state index in [1.165, 1.54) is 12.3 Å². The summed E-state index contributed by atoms with van der Waals surface area (Å²) in [6, 6.07) is 1.39. The highest BCUT2D eigenvalue weighted by Crippen LogP contribution is 2.29. The Morgan fingerprint density at radius 1 is 1.55 bits per heavy atom. The number of carbonyl (C=O) groups excluding carboxylic acids is 2. The maximum atomic E-state index is 12.6. The molecular weight excluding hydrogens is 280 g/mol. The van der Waals surface area contributed by atoms with Crippen LogP contribution in [0.15, 0.2) is 12.3 Å². The number of carbonyl (C=O) groups is 2. The molecule has 0 aliphatic carbocycles. The molecule has 2 aliphatic rings. The highest BCUT2D eigenvalue weighted by atomic mass is 35.5. The van der Waals surface area contributed by atoms with E-state index in [-0.39, 0.29) is 28.9 Å². The number of anilines is 1. The molecule has 0 spiro atoms. The number of rotatable bonds is 1. The van der Waals surface area contributed by atoms with Gasteiger partial charge in [-0.3, -0.25) is 9.59 Å². The zero-order valence-electron chi connectivity index (χ0n) is 10.8. The van der Waals surface area contributed by atoms with Crippen LogP contribution in [0.2, 0.25) is 5.15 Å². The third-order valence-electron chi connectivity index (χ3n) is 3.99. The smallest absolute Gasteiger partial charge is 0.256 e. The first-order valence-electron chi connectivity index (χ1n) is 6.57. The van der Waals surface area contributed by atoms with E-state index in [1.54, 1.807) is 4.90 Å². The van der Waals surface area contributed by atoms with Gasteiger partial charge in [0.15, 0.2) is 0 Å². The third kappa shape index (κ3) is 2.10. The summed E-state index contributed by atoms with van der Waals surface area (Å²) in [6.07, 6.45) is 3.03. The van der Waals surface area contributed by atoms with Crippen LogP contribution in [0.5, 0.6) is 0 Å². The van der Waals surface area contributed by atoms with Gasteiger partial charge in [0.1, 0.15) is 5.15 Å². The van der Waals surface area contributed by atoms with Crippen molar-refractivity contribution in [2.75, 3.05) is 18.8 Å². The molecule has 3 rings (SSSR count). The van der Waals surface area contributed by atoms with Crippen LogP contribution in [-0.4, -0.2) is 40.8 Å². The molecule has 1 aromatic heterocycles. The van der Waals surface area contributed by atoms with Crippen molar-refractivity contribution < 1.29 is 9.59 Å². The van der Waals surface area contributed by atoms with Crippen LogP contribution >= 0.6 is 11.6 Å². The molecule has 6 nitrogen and oxygen atoms in total. The average molecular weight is 295 g/mol. The van der Waals surface area contributed by atoms with Gasteiger partial charge in [-0.15, -0.1) is 0 Å². The molecule has 0 aromatic carbocycles. The monoisotopic (exact) mass is 294 g/mol. The summed E-state index contributed by atoms with van der Waals surface area (Å²) in [7, 11) is 0. The standard InChI is InChI=1S/C13H15ClN4O2/c14-11-4-8(9(15)5-16-11)13(20)18-3-1-2-7-10(18)6-17-12(7)19/h4-5,7,10H,1-3,6,15H2,(H,17,19). The number of halogens is 1. The Morgan fingerprint density at radius 3 is 3.15 bits per heavy atom. The normalized spacial score (nSPS) is 25.2. The Labute approximate surface area is 121 Å². The number of piperidine rings is 1. The van der Waals surface area contributed by atoms with Gasteiger partial charge in [0.2, 0.25) is 5.91 Å². The van der Waals surface area contributed by atoms with Crippen molar-refractivity contribution in [1.29, 1.82) is 0 Å². The summed E-state index contributed by atoms with van der Waals surface area (Å²) in [4.78, 5) is 30.0. The van der Waals surface area contributed by atoms with Gasteiger partial charge in [0.05, 0.1) is 29.4 Å². The second-order valence-corrected chi connectivity index (χ2v) is 5.54. The lowest BCUT2D eigenvalue weighted by atomic mass is 9.91. The fourth-order valence-electron chi connectivity index (χ4n) is 2.98. The van der Waals surface area contributed by atoms with E-state index in [0.717, 1.165) is 12.8 Å². The Bertz CT molecular complexity index is 577. The number of nitrogens with zero attached hydrogens (tertiary/aromatic N) is 2. The number of likely N-dealkylation sites (tertiary alicyclic amines) is 1. The molecule has 0 radical (unpaired) electrons. The van der Waals surface area contributed by atoms with E-state index < -0.39 is 0 Å². The number of aromatic nitrogens is 1. The van der Waals surface area contributed by atoms with Crippen LogP contribution in [0.1, 0.15) is 23.2 Å². The summed E-state index contributed by atoms with van der Waals surface area (Å²) in [5.41, 5.74) is 6.47. The molecule has 20 heavy (non-hydrogen) atoms. The molecule has 1 aromatic rings. The minimum atomic E-state index is -0.182. The molecule has 0 bridgehead atoms. The molecule has 2 unspecified atom stereocenters. The zero-order valence-corrected chi connectivity index (χ0v) is 11.6. The van der Waals surface area contributed by atoms with Gasteiger partial charge in [0, 0.05) is 13.1 Å². The minimum absolute atomic E-state index is 0.0354. The fraction of sp³-hybridized carbons (Fsp3) is 0.462. The highest BCUT2D eigenvalue weighted by Gasteiger charge is 2.42. The average Bonchev–Trinajstić information content (AvgIpc) is 2.83. The number of nitrogens with one attached hydrogen (secondary N) is 1. The lowest BCUT2D eigenvalue weighted by Gasteiger charge is -2.36. The van der Waals surface area contributed by atoms with Gasteiger partial charge in [-0.1, -0.05) is 11.6 Å². The Morgan fingerprint density at radius 2 is 2.35 bits per heavy atom. The Hall–Kier alpha value is -1.82. The number of nitrogens with two attached hydrogens (primary N) is 1. The van der Waals surface area contributed by atoms with Crippen molar-refractivity contribution in [3.8, 4) is 0 Å². The summed E-state index contributed by atoms with van der Waals surface area (Å²) in [6.45, 7) is 1.14. The predicted octanol–water partition coefficient (Wildman–Crippen LogP) is 0.668. The third-order valence-corrected chi connectivity index (χ3v) is 4.20. The van der Waals surface area contributed by atoms with E-state index >= 15 is 0 Å². The van der Waals surface area contributed by atoms with Crippen molar-refractivity contribution in [1.82, 2.24) is 15.2 Å². The fourth-order valence-corrected chi connectivity index (χ4v) is 3.14. The molecule has 2 saturated heterocycles. The summed E-state index contributed by atoms with van der Waals surface area (Å²) < 4.78 is 0. The van der Waals surface area contributed by atoms with Gasteiger partial charge >= 0.3 is 0 Å². The van der Waals surface area contributed by atoms with Crippen LogP contribution in [-0.2, 0) is 4.79 Å². The maximum absolute atomic E-state index is 12.6. The molecule has 2 amide bonds. The lowest BCUT2D eigenvalue weighted by Crippen LogP contribution is -2.48. The molecule has 0 saturated carbocycles. The number of amides is 2. The topological polar surface area (TPSA) is 88.3 Å². The molecule has 3 N–H and O–H groups in total. The predicted molar refractivity (Wildman–Crippen MR) is 74.2 cm³/mol. The van der Waals surface area contributed by atoms with Crippen molar-refractivity contribution >= 4 is 29.1 Å². The molecule has 7 heteroatoms. The van der Waals surface area contributed by atoms with Crippen molar-refractivity contribution in [3.63, 3.8) is 0 Å². The van der Waals surface area contributed by atoms with E-state index in [4.69, 9.17) is 17.3 Å².